The van der Waals surface area contributed by atoms with Gasteiger partial charge in [0.15, 0.2) is 0 Å². The Hall–Kier alpha value is -0.870. The zero-order chi connectivity index (χ0) is 31.1. The maximum Gasteiger partial charge on any atom is 0.145 e. The van der Waals surface area contributed by atoms with Crippen LogP contribution in [-0.4, -0.2) is 63.8 Å². The number of carbonyl (C=O) groups is 1. The molecule has 3 fully saturated rings. The molecular weight excluding hydrogens is 544 g/mol. The van der Waals surface area contributed by atoms with Crippen LogP contribution in [-0.2, 0) is 9.53 Å². The summed E-state index contributed by atoms with van der Waals surface area (Å²) in [6, 6.07) is 0. The fraction of sp³-hybridized carbons (Fsp3) is 0.719. The normalized spacial score (nSPS) is 27.8. The van der Waals surface area contributed by atoms with Gasteiger partial charge in [-0.25, -0.2) is 0 Å². The predicted molar refractivity (Wildman–Crippen MR) is 175 cm³/mol. The standard InChI is InChI=1S/C19H28OS.C8H14O2.C3H8O2.C2H6.H2OS/c1-13-6-9-17-16(5-4-11-19(13,17)3)8-7-15-10-12-21-18(20)14(15)2;1-4-8(10-3)5-7(2)6-9;4-2-1-3-5;2*1-2/h7-8,13,17-18,20H,2,4-6,9-12H2,1,3H3;6,8H,2,4-5H2,1,3H3;4-5H,1-3H2;1-2H3;1-2H/b15-7-,16-8+;;;;. The van der Waals surface area contributed by atoms with Crippen LogP contribution in [0, 0.1) is 17.3 Å². The molecule has 0 spiro atoms. The van der Waals surface area contributed by atoms with E-state index in [-0.39, 0.29) is 19.3 Å². The third-order valence-corrected chi connectivity index (χ3v) is 9.10. The third kappa shape index (κ3) is 14.3. The van der Waals surface area contributed by atoms with Gasteiger partial charge in [0.25, 0.3) is 0 Å². The van der Waals surface area contributed by atoms with Crippen LogP contribution in [0.15, 0.2) is 47.6 Å². The first-order valence-electron chi connectivity index (χ1n) is 14.6. The number of carbonyl (C=O) groups excluding carboxylic acids is 1. The highest BCUT2D eigenvalue weighted by atomic mass is 32.2. The van der Waals surface area contributed by atoms with Crippen molar-refractivity contribution in [3.8, 4) is 0 Å². The molecule has 0 radical (unpaired) electrons. The zero-order valence-electron chi connectivity index (χ0n) is 25.9. The molecule has 0 bridgehead atoms. The molecule has 5 atom stereocenters. The van der Waals surface area contributed by atoms with Crippen molar-refractivity contribution >= 4 is 31.0 Å². The quantitative estimate of drug-likeness (QED) is 0.0852. The van der Waals surface area contributed by atoms with Gasteiger partial charge in [0, 0.05) is 32.5 Å². The number of rotatable bonds is 8. The third-order valence-electron chi connectivity index (χ3n) is 8.06. The van der Waals surface area contributed by atoms with E-state index in [1.807, 2.05) is 20.8 Å². The molecule has 5 unspecified atom stereocenters. The highest BCUT2D eigenvalue weighted by Gasteiger charge is 2.46. The largest absolute Gasteiger partial charge is 0.396 e. The van der Waals surface area contributed by atoms with E-state index >= 15 is 0 Å². The molecular formula is C32H58O6S2. The smallest absolute Gasteiger partial charge is 0.145 e. The van der Waals surface area contributed by atoms with E-state index in [4.69, 9.17) is 19.5 Å². The van der Waals surface area contributed by atoms with E-state index in [1.54, 1.807) is 24.4 Å². The van der Waals surface area contributed by atoms with E-state index < -0.39 is 5.44 Å². The monoisotopic (exact) mass is 602 g/mol. The summed E-state index contributed by atoms with van der Waals surface area (Å²) in [6.07, 6.45) is 15.4. The van der Waals surface area contributed by atoms with Crippen molar-refractivity contribution in [2.24, 2.45) is 17.3 Å². The number of aldehydes is 1. The number of thiol groups is 1. The Kier molecular flexibility index (Phi) is 25.5. The first-order chi connectivity index (χ1) is 19.2. The highest BCUT2D eigenvalue weighted by Crippen LogP contribution is 2.57. The summed E-state index contributed by atoms with van der Waals surface area (Å²) < 4.78 is 11.7. The van der Waals surface area contributed by atoms with Crippen molar-refractivity contribution in [2.75, 3.05) is 26.1 Å². The minimum absolute atomic E-state index is 0.0938. The average Bonchev–Trinajstić information content (AvgIpc) is 3.30. The number of allylic oxidation sites excluding steroid dienone is 3. The molecule has 3 rings (SSSR count). The summed E-state index contributed by atoms with van der Waals surface area (Å²) >= 11 is 4.13. The Balaban J connectivity index is 0. The van der Waals surface area contributed by atoms with Crippen molar-refractivity contribution in [3.63, 3.8) is 0 Å². The lowest BCUT2D eigenvalue weighted by molar-refractivity contribution is -0.105. The molecule has 1 heterocycles. The number of hydrogen-bond donors (Lipinski definition) is 5. The lowest BCUT2D eigenvalue weighted by Gasteiger charge is -2.41. The van der Waals surface area contributed by atoms with Crippen LogP contribution in [0.3, 0.4) is 0 Å². The summed E-state index contributed by atoms with van der Waals surface area (Å²) in [5.74, 6) is 2.66. The second kappa shape index (κ2) is 24.7. The topological polar surface area (TPSA) is 107 Å². The minimum atomic E-state index is -0.397. The first kappa shape index (κ1) is 41.3. The Labute approximate surface area is 254 Å². The molecule has 40 heavy (non-hydrogen) atoms. The number of thioether (sulfide) groups is 1. The molecule has 2 saturated carbocycles. The van der Waals surface area contributed by atoms with E-state index in [0.29, 0.717) is 23.8 Å². The molecule has 6 nitrogen and oxygen atoms in total. The highest BCUT2D eigenvalue weighted by molar-refractivity contribution is 8.00. The van der Waals surface area contributed by atoms with E-state index in [1.165, 1.54) is 37.7 Å². The number of aliphatic hydroxyl groups excluding tert-OH is 3. The van der Waals surface area contributed by atoms with Crippen LogP contribution in [0.1, 0.15) is 92.4 Å². The fourth-order valence-electron chi connectivity index (χ4n) is 5.40. The molecule has 8 heteroatoms. The number of hydrogen-bond acceptors (Lipinski definition) is 8. The van der Waals surface area contributed by atoms with E-state index in [0.717, 1.165) is 42.3 Å². The van der Waals surface area contributed by atoms with Crippen LogP contribution >= 0.6 is 24.7 Å². The zero-order valence-corrected chi connectivity index (χ0v) is 27.6. The Bertz CT molecular complexity index is 761. The Morgan fingerprint density at radius 1 is 1.20 bits per heavy atom. The van der Waals surface area contributed by atoms with Gasteiger partial charge in [-0.05, 0) is 98.2 Å². The Morgan fingerprint density at radius 2 is 1.82 bits per heavy atom. The van der Waals surface area contributed by atoms with Gasteiger partial charge in [0.2, 0.25) is 0 Å². The van der Waals surface area contributed by atoms with Gasteiger partial charge in [-0.15, -0.1) is 11.8 Å². The van der Waals surface area contributed by atoms with Gasteiger partial charge in [-0.1, -0.05) is 65.5 Å². The van der Waals surface area contributed by atoms with Crippen LogP contribution < -0.4 is 0 Å². The summed E-state index contributed by atoms with van der Waals surface area (Å²) in [4.78, 5) is 10.1. The van der Waals surface area contributed by atoms with Crippen molar-refractivity contribution in [2.45, 2.75) is 104 Å². The lowest BCUT2D eigenvalue weighted by Crippen LogP contribution is -2.31. The summed E-state index contributed by atoms with van der Waals surface area (Å²) in [5.41, 5.74) is 4.57. The van der Waals surface area contributed by atoms with Crippen molar-refractivity contribution in [1.82, 2.24) is 0 Å². The molecule has 0 amide bonds. The van der Waals surface area contributed by atoms with Crippen molar-refractivity contribution in [3.05, 3.63) is 47.6 Å². The van der Waals surface area contributed by atoms with E-state index in [2.05, 4.69) is 52.1 Å². The van der Waals surface area contributed by atoms with Crippen LogP contribution in [0.25, 0.3) is 0 Å². The molecule has 1 aliphatic heterocycles. The molecule has 2 aliphatic carbocycles. The molecule has 0 aromatic heterocycles. The van der Waals surface area contributed by atoms with Gasteiger partial charge in [-0.3, -0.25) is 4.79 Å². The maximum atomic E-state index is 10.1. The molecule has 3 aliphatic rings. The summed E-state index contributed by atoms with van der Waals surface area (Å²) in [6.45, 7) is 18.8. The molecule has 1 saturated heterocycles. The van der Waals surface area contributed by atoms with Crippen molar-refractivity contribution in [1.29, 1.82) is 0 Å². The first-order valence-corrected chi connectivity index (χ1v) is 16.1. The number of fused-ring (bicyclic) bond motifs is 1. The molecule has 4 N–H and O–H groups in total. The van der Waals surface area contributed by atoms with Gasteiger partial charge < -0.3 is 24.6 Å². The van der Waals surface area contributed by atoms with Crippen LogP contribution in [0.2, 0.25) is 0 Å². The number of ether oxygens (including phenoxy) is 1. The number of methoxy groups -OCH3 is 1. The minimum Gasteiger partial charge on any atom is -0.396 e. The fourth-order valence-corrected chi connectivity index (χ4v) is 6.31. The SMILES string of the molecule is C=C(C=O)CC(CC)OC.C=C1/C(=C\C=C2/CCCC3(C)C(C)CCC23)CCSC1O.CC.OCCCO.OS. The summed E-state index contributed by atoms with van der Waals surface area (Å²) in [5, 5.41) is 25.7. The maximum absolute atomic E-state index is 10.1. The number of aliphatic hydroxyl groups is 3. The van der Waals surface area contributed by atoms with Crippen molar-refractivity contribution < 1.29 is 29.4 Å². The molecule has 234 valence electrons. The van der Waals surface area contributed by atoms with Crippen LogP contribution in [0.4, 0.5) is 0 Å². The Morgan fingerprint density at radius 3 is 2.33 bits per heavy atom. The lowest BCUT2D eigenvalue weighted by atomic mass is 9.64. The molecule has 0 aromatic rings. The van der Waals surface area contributed by atoms with E-state index in [9.17, 15) is 9.90 Å². The van der Waals surface area contributed by atoms with Crippen LogP contribution in [0.5, 0.6) is 0 Å². The average molecular weight is 603 g/mol. The molecule has 0 aromatic carbocycles. The van der Waals surface area contributed by atoms with Gasteiger partial charge in [0.05, 0.1) is 6.10 Å². The second-order valence-electron chi connectivity index (χ2n) is 10.4. The van der Waals surface area contributed by atoms with Gasteiger partial charge in [0.1, 0.15) is 11.7 Å². The predicted octanol–water partition coefficient (Wildman–Crippen LogP) is 7.42. The second-order valence-corrected chi connectivity index (χ2v) is 11.6. The summed E-state index contributed by atoms with van der Waals surface area (Å²) in [7, 11) is 1.65. The van der Waals surface area contributed by atoms with Gasteiger partial charge in [-0.2, -0.15) is 0 Å². The van der Waals surface area contributed by atoms with Gasteiger partial charge >= 0.3 is 0 Å².